The van der Waals surface area contributed by atoms with Crippen molar-refractivity contribution in [1.29, 1.82) is 0 Å². The summed E-state index contributed by atoms with van der Waals surface area (Å²) in [5, 5.41) is 5.33. The lowest BCUT2D eigenvalue weighted by Gasteiger charge is -2.27. The third-order valence-corrected chi connectivity index (χ3v) is 7.43. The van der Waals surface area contributed by atoms with Crippen LogP contribution in [0.15, 0.2) is 48.8 Å². The molecule has 0 bridgehead atoms. The summed E-state index contributed by atoms with van der Waals surface area (Å²) in [4.78, 5) is 59.1. The van der Waals surface area contributed by atoms with E-state index in [0.29, 0.717) is 15.8 Å². The van der Waals surface area contributed by atoms with Crippen molar-refractivity contribution in [1.82, 2.24) is 20.2 Å². The summed E-state index contributed by atoms with van der Waals surface area (Å²) in [5.74, 6) is -4.11. The van der Waals surface area contributed by atoms with Gasteiger partial charge in [0, 0.05) is 23.4 Å². The van der Waals surface area contributed by atoms with Gasteiger partial charge >= 0.3 is 0 Å². The zero-order chi connectivity index (χ0) is 30.4. The number of hydrogen-bond acceptors (Lipinski definition) is 9. The van der Waals surface area contributed by atoms with Crippen LogP contribution < -0.4 is 20.1 Å². The highest BCUT2D eigenvalue weighted by Crippen LogP contribution is 2.37. The number of anilines is 2. The summed E-state index contributed by atoms with van der Waals surface area (Å²) in [7, 11) is 1.40. The molecule has 4 amide bonds. The van der Waals surface area contributed by atoms with Crippen molar-refractivity contribution in [3.63, 3.8) is 0 Å². The lowest BCUT2D eigenvalue weighted by atomic mass is 10.0. The first-order chi connectivity index (χ1) is 20.7. The van der Waals surface area contributed by atoms with Gasteiger partial charge in [0.15, 0.2) is 17.3 Å². The van der Waals surface area contributed by atoms with E-state index >= 15 is 4.39 Å². The lowest BCUT2D eigenvalue weighted by molar-refractivity contribution is -0.136. The SMILES string of the molecule is COc1cc2ncnc(Nc3cccc(Cl)c3F)c2cc1OCc1ccc2c(c1F)C(=O)N(C1CCC(=O)NC1=O)C2=O. The van der Waals surface area contributed by atoms with Gasteiger partial charge in [-0.3, -0.25) is 29.4 Å². The number of ether oxygens (including phenoxy) is 2. The number of amides is 4. The molecule has 3 heterocycles. The zero-order valence-electron chi connectivity index (χ0n) is 22.2. The van der Waals surface area contributed by atoms with Gasteiger partial charge in [0.1, 0.15) is 30.6 Å². The fraction of sp³-hybridized carbons (Fsp3) is 0.172. The van der Waals surface area contributed by atoms with E-state index in [-0.39, 0.29) is 58.6 Å². The molecule has 0 aliphatic carbocycles. The van der Waals surface area contributed by atoms with E-state index in [9.17, 15) is 23.6 Å². The largest absolute Gasteiger partial charge is 0.493 e. The van der Waals surface area contributed by atoms with Crippen LogP contribution in [0.2, 0.25) is 5.02 Å². The number of rotatable bonds is 7. The number of methoxy groups -OCH3 is 1. The van der Waals surface area contributed by atoms with Crippen LogP contribution in [0.1, 0.15) is 39.1 Å². The van der Waals surface area contributed by atoms with E-state index in [4.69, 9.17) is 21.1 Å². The van der Waals surface area contributed by atoms with Crippen LogP contribution >= 0.6 is 11.6 Å². The normalized spacial score (nSPS) is 16.4. The van der Waals surface area contributed by atoms with E-state index in [1.165, 1.54) is 43.8 Å². The number of hydrogen-bond donors (Lipinski definition) is 2. The average Bonchev–Trinajstić information content (AvgIpc) is 3.24. The number of aromatic nitrogens is 2. The second-order valence-electron chi connectivity index (χ2n) is 9.67. The molecule has 1 atom stereocenters. The summed E-state index contributed by atoms with van der Waals surface area (Å²) in [6.07, 6.45) is 1.17. The molecule has 14 heteroatoms. The first-order valence-electron chi connectivity index (χ1n) is 12.9. The molecule has 11 nitrogen and oxygen atoms in total. The van der Waals surface area contributed by atoms with Gasteiger partial charge in [-0.25, -0.2) is 18.7 Å². The number of nitrogens with zero attached hydrogens (tertiary/aromatic N) is 3. The minimum atomic E-state index is -1.23. The monoisotopic (exact) mass is 607 g/mol. The molecule has 43 heavy (non-hydrogen) atoms. The number of halogens is 3. The highest BCUT2D eigenvalue weighted by atomic mass is 35.5. The number of piperidine rings is 1. The van der Waals surface area contributed by atoms with Crippen molar-refractivity contribution < 1.29 is 37.4 Å². The molecular weight excluding hydrogens is 588 g/mol. The lowest BCUT2D eigenvalue weighted by Crippen LogP contribution is -2.54. The maximum Gasteiger partial charge on any atom is 0.265 e. The topological polar surface area (TPSA) is 140 Å². The Labute approximate surface area is 246 Å². The number of carbonyl (C=O) groups is 4. The van der Waals surface area contributed by atoms with Crippen LogP contribution in [0.4, 0.5) is 20.3 Å². The van der Waals surface area contributed by atoms with Crippen LogP contribution in [0.3, 0.4) is 0 Å². The van der Waals surface area contributed by atoms with Gasteiger partial charge in [0.05, 0.1) is 34.5 Å². The average molecular weight is 608 g/mol. The minimum Gasteiger partial charge on any atom is -0.493 e. The van der Waals surface area contributed by atoms with Gasteiger partial charge < -0.3 is 14.8 Å². The van der Waals surface area contributed by atoms with Gasteiger partial charge in [0.2, 0.25) is 11.8 Å². The number of benzene rings is 3. The van der Waals surface area contributed by atoms with Gasteiger partial charge in [-0.1, -0.05) is 23.7 Å². The van der Waals surface area contributed by atoms with E-state index in [0.717, 1.165) is 0 Å². The molecule has 2 N–H and O–H groups in total. The molecule has 1 unspecified atom stereocenters. The molecule has 1 fully saturated rings. The maximum atomic E-state index is 15.7. The van der Waals surface area contributed by atoms with E-state index in [1.54, 1.807) is 12.1 Å². The number of fused-ring (bicyclic) bond motifs is 2. The highest BCUT2D eigenvalue weighted by molar-refractivity contribution is 6.31. The summed E-state index contributed by atoms with van der Waals surface area (Å²) in [6.45, 7) is -0.375. The fourth-order valence-corrected chi connectivity index (χ4v) is 5.17. The Morgan fingerprint density at radius 3 is 2.63 bits per heavy atom. The van der Waals surface area contributed by atoms with Crippen molar-refractivity contribution in [2.45, 2.75) is 25.5 Å². The maximum absolute atomic E-state index is 15.7. The smallest absolute Gasteiger partial charge is 0.265 e. The third kappa shape index (κ3) is 4.87. The van der Waals surface area contributed by atoms with Crippen LogP contribution in [-0.2, 0) is 16.2 Å². The van der Waals surface area contributed by atoms with Crippen LogP contribution in [0.25, 0.3) is 10.9 Å². The van der Waals surface area contributed by atoms with Gasteiger partial charge in [0.25, 0.3) is 11.8 Å². The molecule has 0 saturated carbocycles. The summed E-state index contributed by atoms with van der Waals surface area (Å²) >= 11 is 5.90. The van der Waals surface area contributed by atoms with E-state index in [2.05, 4.69) is 20.6 Å². The number of carbonyl (C=O) groups excluding carboxylic acids is 4. The summed E-state index contributed by atoms with van der Waals surface area (Å²) in [5.41, 5.74) is -0.206. The molecule has 2 aliphatic heterocycles. The Morgan fingerprint density at radius 2 is 1.86 bits per heavy atom. The molecule has 1 aromatic heterocycles. The highest BCUT2D eigenvalue weighted by Gasteiger charge is 2.46. The molecule has 0 spiro atoms. The Hall–Kier alpha value is -5.17. The summed E-state index contributed by atoms with van der Waals surface area (Å²) < 4.78 is 41.5. The Kier molecular flexibility index (Phi) is 7.10. The Balaban J connectivity index is 1.29. The molecule has 1 saturated heterocycles. The third-order valence-electron chi connectivity index (χ3n) is 7.13. The molecule has 4 aromatic rings. The number of imide groups is 2. The molecule has 2 aliphatic rings. The second kappa shape index (κ2) is 10.9. The standard InChI is InChI=1S/C29H20ClF2N5O6/c1-42-20-10-18-15(26(34-12-33-18)35-17-4-2-3-16(30)25(17)32)9-21(20)43-11-13-5-6-14-23(24(13)31)29(41)37(28(14)40)19-7-8-22(38)36-27(19)39/h2-6,9-10,12,19H,7-8,11H2,1H3,(H,33,34,35)(H,36,38,39). The Morgan fingerprint density at radius 1 is 1.05 bits per heavy atom. The van der Waals surface area contributed by atoms with Crippen LogP contribution in [0.5, 0.6) is 11.5 Å². The fourth-order valence-electron chi connectivity index (χ4n) is 4.99. The van der Waals surface area contributed by atoms with Crippen molar-refractivity contribution >= 4 is 57.6 Å². The van der Waals surface area contributed by atoms with Crippen LogP contribution in [0, 0.1) is 11.6 Å². The summed E-state index contributed by atoms with van der Waals surface area (Å²) in [6, 6.07) is 8.92. The number of nitrogens with one attached hydrogen (secondary N) is 2. The van der Waals surface area contributed by atoms with Gasteiger partial charge in [-0.15, -0.1) is 0 Å². The van der Waals surface area contributed by atoms with Crippen molar-refractivity contribution in [2.24, 2.45) is 0 Å². The quantitative estimate of drug-likeness (QED) is 0.294. The molecule has 218 valence electrons. The van der Waals surface area contributed by atoms with Crippen LogP contribution in [-0.4, -0.2) is 51.6 Å². The predicted octanol–water partition coefficient (Wildman–Crippen LogP) is 4.29. The van der Waals surface area contributed by atoms with Gasteiger partial charge in [-0.05, 0) is 30.7 Å². The van der Waals surface area contributed by atoms with E-state index < -0.39 is 46.9 Å². The molecule has 0 radical (unpaired) electrons. The Bertz CT molecular complexity index is 1870. The van der Waals surface area contributed by atoms with E-state index in [1.807, 2.05) is 0 Å². The van der Waals surface area contributed by atoms with Crippen molar-refractivity contribution in [2.75, 3.05) is 12.4 Å². The first kappa shape index (κ1) is 28.0. The molecule has 3 aromatic carbocycles. The predicted molar refractivity (Wildman–Crippen MR) is 148 cm³/mol. The molecule has 6 rings (SSSR count). The second-order valence-corrected chi connectivity index (χ2v) is 10.1. The first-order valence-corrected chi connectivity index (χ1v) is 13.2. The van der Waals surface area contributed by atoms with Gasteiger partial charge in [-0.2, -0.15) is 0 Å². The zero-order valence-corrected chi connectivity index (χ0v) is 23.0. The van der Waals surface area contributed by atoms with Crippen molar-refractivity contribution in [3.8, 4) is 11.5 Å². The minimum absolute atomic E-state index is 0.0455. The molecular formula is C29H20ClF2N5O6. The van der Waals surface area contributed by atoms with Crippen molar-refractivity contribution in [3.05, 3.63) is 82.1 Å².